The smallest absolute Gasteiger partial charge is 0.231 e. The second-order valence-electron chi connectivity index (χ2n) is 12.9. The number of quaternary nitrogens is 1. The van der Waals surface area contributed by atoms with E-state index in [1.165, 1.54) is 5.56 Å². The summed E-state index contributed by atoms with van der Waals surface area (Å²) in [5.74, 6) is -1.86. The van der Waals surface area contributed by atoms with Crippen molar-refractivity contribution in [2.75, 3.05) is 20.4 Å². The quantitative estimate of drug-likeness (QED) is 0.416. The van der Waals surface area contributed by atoms with Crippen LogP contribution in [-0.2, 0) is 34.3 Å². The van der Waals surface area contributed by atoms with Crippen LogP contribution in [0.2, 0.25) is 0 Å². The monoisotopic (exact) mass is 649 g/mol. The third kappa shape index (κ3) is 5.74. The van der Waals surface area contributed by atoms with E-state index in [2.05, 4.69) is 51.2 Å². The molecule has 240 valence electrons. The summed E-state index contributed by atoms with van der Waals surface area (Å²) in [5.41, 5.74) is 8.44. The van der Waals surface area contributed by atoms with Gasteiger partial charge in [0, 0.05) is 29.6 Å². The molecule has 4 aliphatic rings. The Morgan fingerprint density at radius 2 is 1.61 bits per heavy atom. The van der Waals surface area contributed by atoms with Gasteiger partial charge in [-0.2, -0.15) is 0 Å². The van der Waals surface area contributed by atoms with Crippen LogP contribution in [0.25, 0.3) is 5.70 Å². The first kappa shape index (κ1) is 32.0. The van der Waals surface area contributed by atoms with E-state index in [1.807, 2.05) is 24.3 Å². The maximum absolute atomic E-state index is 14.4. The zero-order valence-electron chi connectivity index (χ0n) is 26.1. The maximum Gasteiger partial charge on any atom is 0.231 e. The van der Waals surface area contributed by atoms with Gasteiger partial charge < -0.3 is 31.4 Å². The minimum absolute atomic E-state index is 0. The predicted molar refractivity (Wildman–Crippen MR) is 164 cm³/mol. The summed E-state index contributed by atoms with van der Waals surface area (Å²) in [7, 11) is 1.63. The summed E-state index contributed by atoms with van der Waals surface area (Å²) in [6, 6.07) is 14.6. The van der Waals surface area contributed by atoms with E-state index in [4.69, 9.17) is 18.9 Å². The normalized spacial score (nSPS) is 19.7. The Bertz CT molecular complexity index is 1800. The number of rotatable bonds is 6. The Labute approximate surface area is 273 Å². The molecule has 0 bridgehead atoms. The first-order chi connectivity index (χ1) is 21.6. The van der Waals surface area contributed by atoms with Gasteiger partial charge in [0.25, 0.3) is 0 Å². The zero-order valence-corrected chi connectivity index (χ0v) is 26.9. The summed E-state index contributed by atoms with van der Waals surface area (Å²) in [4.78, 5) is 1.09. The highest BCUT2D eigenvalue weighted by Gasteiger charge is 2.40. The predicted octanol–water partition coefficient (Wildman–Crippen LogP) is 3.48. The van der Waals surface area contributed by atoms with Crippen LogP contribution >= 0.6 is 0 Å². The molecule has 7 rings (SSSR count). The van der Waals surface area contributed by atoms with Crippen molar-refractivity contribution in [1.29, 1.82) is 0 Å². The molecule has 3 aromatic rings. The van der Waals surface area contributed by atoms with Crippen molar-refractivity contribution in [3.8, 4) is 11.5 Å². The number of fused-ring (bicyclic) bond motifs is 5. The molecule has 1 N–H and O–H groups in total. The number of nitrogens with one attached hydrogen (secondary N) is 1. The number of hydrogen-bond acceptors (Lipinski definition) is 4. The average molecular weight is 650 g/mol. The van der Waals surface area contributed by atoms with Crippen molar-refractivity contribution in [2.24, 2.45) is 0 Å². The summed E-state index contributed by atoms with van der Waals surface area (Å²) < 4.78 is 66.5. The van der Waals surface area contributed by atoms with Gasteiger partial charge in [-0.3, -0.25) is 4.90 Å². The second kappa shape index (κ2) is 12.3. The highest BCUT2D eigenvalue weighted by molar-refractivity contribution is 5.77. The lowest BCUT2D eigenvalue weighted by molar-refractivity contribution is -0.771. The summed E-state index contributed by atoms with van der Waals surface area (Å²) in [6.07, 6.45) is 6.51. The number of ether oxygens (including phenoxy) is 4. The molecule has 2 atom stereocenters. The Hall–Kier alpha value is -3.98. The van der Waals surface area contributed by atoms with Gasteiger partial charge in [-0.05, 0) is 63.6 Å². The van der Waals surface area contributed by atoms with Crippen molar-refractivity contribution in [3.05, 3.63) is 135 Å². The third-order valence-electron chi connectivity index (χ3n) is 8.97. The fourth-order valence-electron chi connectivity index (χ4n) is 6.61. The number of hydrogen-bond donors (Lipinski definition) is 1. The third-order valence-corrected chi connectivity index (χ3v) is 8.97. The van der Waals surface area contributed by atoms with Gasteiger partial charge in [0.1, 0.15) is 23.8 Å². The largest absolute Gasteiger partial charge is 1.00 e. The van der Waals surface area contributed by atoms with Gasteiger partial charge in [0.15, 0.2) is 29.0 Å². The van der Waals surface area contributed by atoms with E-state index in [0.717, 1.165) is 69.1 Å². The molecular formula is C37H35ClF3NO4. The van der Waals surface area contributed by atoms with E-state index in [-0.39, 0.29) is 31.0 Å². The lowest BCUT2D eigenvalue weighted by Gasteiger charge is -2.36. The zero-order chi connectivity index (χ0) is 31.5. The molecule has 1 aliphatic carbocycles. The molecule has 46 heavy (non-hydrogen) atoms. The van der Waals surface area contributed by atoms with Crippen molar-refractivity contribution in [1.82, 2.24) is 0 Å². The fourth-order valence-corrected chi connectivity index (χ4v) is 6.61. The molecule has 0 saturated heterocycles. The van der Waals surface area contributed by atoms with Crippen LogP contribution in [0.5, 0.6) is 11.5 Å². The van der Waals surface area contributed by atoms with Crippen molar-refractivity contribution < 1.29 is 49.4 Å². The topological polar surface area (TPSA) is 41.4 Å². The van der Waals surface area contributed by atoms with Crippen molar-refractivity contribution >= 4 is 5.70 Å². The molecule has 0 spiro atoms. The molecule has 0 aromatic heterocycles. The molecule has 3 heterocycles. The molecule has 3 aliphatic heterocycles. The maximum atomic E-state index is 14.4. The van der Waals surface area contributed by atoms with Crippen molar-refractivity contribution in [3.63, 3.8) is 0 Å². The van der Waals surface area contributed by atoms with Crippen LogP contribution < -0.4 is 26.8 Å². The van der Waals surface area contributed by atoms with Gasteiger partial charge in [-0.25, -0.2) is 13.2 Å². The second-order valence-corrected chi connectivity index (χ2v) is 12.9. The van der Waals surface area contributed by atoms with Crippen LogP contribution in [0.15, 0.2) is 89.4 Å². The Morgan fingerprint density at radius 1 is 0.913 bits per heavy atom. The van der Waals surface area contributed by atoms with Gasteiger partial charge in [0.05, 0.1) is 20.3 Å². The van der Waals surface area contributed by atoms with E-state index in [1.54, 1.807) is 7.11 Å². The minimum Gasteiger partial charge on any atom is -1.00 e. The molecule has 9 heteroatoms. The average Bonchev–Trinajstić information content (AvgIpc) is 3.48. The Balaban J connectivity index is 0.00000372. The minimum atomic E-state index is -1.47. The van der Waals surface area contributed by atoms with Crippen LogP contribution in [-0.4, -0.2) is 26.6 Å². The molecule has 5 nitrogen and oxygen atoms in total. The van der Waals surface area contributed by atoms with Crippen LogP contribution in [0, 0.1) is 17.5 Å². The number of allylic oxidation sites excluding steroid dienone is 3. The summed E-state index contributed by atoms with van der Waals surface area (Å²) in [5, 5.41) is 0. The lowest BCUT2D eigenvalue weighted by atomic mass is 9.79. The molecular weight excluding hydrogens is 615 g/mol. The molecule has 0 amide bonds. The van der Waals surface area contributed by atoms with Gasteiger partial charge in [0.2, 0.25) is 6.79 Å². The van der Waals surface area contributed by atoms with Gasteiger partial charge in [-0.1, -0.05) is 51.1 Å². The first-order valence-corrected chi connectivity index (χ1v) is 15.2. The fraction of sp³-hybridized carbons (Fsp3) is 0.297. The van der Waals surface area contributed by atoms with E-state index in [9.17, 15) is 13.2 Å². The van der Waals surface area contributed by atoms with Crippen molar-refractivity contribution in [2.45, 2.75) is 51.7 Å². The van der Waals surface area contributed by atoms with E-state index in [0.29, 0.717) is 29.4 Å². The van der Waals surface area contributed by atoms with Crippen LogP contribution in [0.3, 0.4) is 0 Å². The number of methoxy groups -OCH3 is 1. The number of benzene rings is 3. The van der Waals surface area contributed by atoms with Gasteiger partial charge in [-0.15, -0.1) is 0 Å². The molecule has 2 unspecified atom stereocenters. The van der Waals surface area contributed by atoms with E-state index < -0.39 is 23.6 Å². The Morgan fingerprint density at radius 3 is 2.28 bits per heavy atom. The highest BCUT2D eigenvalue weighted by Crippen LogP contribution is 2.43. The van der Waals surface area contributed by atoms with Crippen LogP contribution in [0.1, 0.15) is 48.6 Å². The molecule has 0 saturated carbocycles. The standard InChI is InChI=1S/C37H34F3NO4.ClH/c1-37(2,3)24-7-5-21(6-8-24)19-43-36-28-18-41-12-11-23-16-32-33(45-20-44-32)17-26(23)35(41)27(25(28)9-10-31(36)42-4)13-22-14-29(38)34(40)30(39)15-22;/h5-10,14-18,36H,11-13,19-20H2,1-4H3;1H. The molecule has 0 fully saturated rings. The summed E-state index contributed by atoms with van der Waals surface area (Å²) >= 11 is 0. The molecule has 0 radical (unpaired) electrons. The first-order valence-electron chi connectivity index (χ1n) is 15.2. The highest BCUT2D eigenvalue weighted by atomic mass is 35.5. The van der Waals surface area contributed by atoms with Gasteiger partial charge >= 0.3 is 0 Å². The lowest BCUT2D eigenvalue weighted by Crippen LogP contribution is -3.06. The Kier molecular flexibility index (Phi) is 8.57. The van der Waals surface area contributed by atoms with Crippen LogP contribution in [0.4, 0.5) is 13.2 Å². The SMILES string of the molecule is COC1=CC=C2C(=C[NH+]3CCc4cc5c(cc4C3=C2Cc2cc(F)c(F)c(F)c2)OCO5)C1OCc1ccc(C(C)(C)C)cc1.[Cl-]. The number of halogens is 4. The molecule has 3 aromatic carbocycles. The van der Waals surface area contributed by atoms with E-state index >= 15 is 0 Å². The summed E-state index contributed by atoms with van der Waals surface area (Å²) in [6.45, 7) is 7.83.